The van der Waals surface area contributed by atoms with Crippen molar-refractivity contribution in [1.29, 1.82) is 0 Å². The summed E-state index contributed by atoms with van der Waals surface area (Å²) < 4.78 is 0. The summed E-state index contributed by atoms with van der Waals surface area (Å²) in [7, 11) is 0. The summed E-state index contributed by atoms with van der Waals surface area (Å²) >= 11 is 0. The van der Waals surface area contributed by atoms with Gasteiger partial charge < -0.3 is 10.0 Å². The van der Waals surface area contributed by atoms with Crippen molar-refractivity contribution in [2.45, 2.75) is 32.1 Å². The molecule has 0 bridgehead atoms. The zero-order valence-electron chi connectivity index (χ0n) is 14.7. The second-order valence-electron chi connectivity index (χ2n) is 6.78. The van der Waals surface area contributed by atoms with Gasteiger partial charge in [0.1, 0.15) is 0 Å². The molecule has 1 saturated heterocycles. The van der Waals surface area contributed by atoms with Crippen molar-refractivity contribution in [1.82, 2.24) is 14.9 Å². The second kappa shape index (κ2) is 8.56. The lowest BCUT2D eigenvalue weighted by Crippen LogP contribution is -2.29. The van der Waals surface area contributed by atoms with Crippen LogP contribution >= 0.6 is 0 Å². The van der Waals surface area contributed by atoms with E-state index in [0.29, 0.717) is 18.8 Å². The molecule has 2 heterocycles. The summed E-state index contributed by atoms with van der Waals surface area (Å²) in [6.45, 7) is 1.59. The molecule has 0 saturated carbocycles. The summed E-state index contributed by atoms with van der Waals surface area (Å²) in [6.07, 6.45) is 8.05. The van der Waals surface area contributed by atoms with Crippen molar-refractivity contribution in [3.63, 3.8) is 0 Å². The molecular formula is C20H23N3O3. The number of carboxylic acids is 1. The molecule has 1 amide bonds. The fourth-order valence-corrected chi connectivity index (χ4v) is 3.38. The molecule has 26 heavy (non-hydrogen) atoms. The molecule has 0 radical (unpaired) electrons. The average Bonchev–Trinajstić information content (AvgIpc) is 3.10. The standard InChI is InChI=1S/C20H23N3O3/c24-19(6-5-18-13-21-8-9-22-18)23-10-7-17(14-23)11-15-1-3-16(4-2-15)12-20(25)26/h1-4,8-9,13,17H,5-7,10-12,14H2,(H,25,26). The Bertz CT molecular complexity index is 747. The summed E-state index contributed by atoms with van der Waals surface area (Å²) in [5.74, 6) is -0.181. The number of nitrogens with zero attached hydrogens (tertiary/aromatic N) is 3. The third-order valence-electron chi connectivity index (χ3n) is 4.75. The number of amides is 1. The number of rotatable bonds is 7. The number of aromatic nitrogens is 2. The molecule has 0 spiro atoms. The van der Waals surface area contributed by atoms with Gasteiger partial charge in [0.15, 0.2) is 0 Å². The predicted molar refractivity (Wildman–Crippen MR) is 96.5 cm³/mol. The molecule has 1 unspecified atom stereocenters. The maximum Gasteiger partial charge on any atom is 0.307 e. The molecule has 1 N–H and O–H groups in total. The minimum Gasteiger partial charge on any atom is -0.481 e. The molecule has 1 atom stereocenters. The van der Waals surface area contributed by atoms with Crippen LogP contribution in [0.5, 0.6) is 0 Å². The highest BCUT2D eigenvalue weighted by molar-refractivity contribution is 5.76. The highest BCUT2D eigenvalue weighted by atomic mass is 16.4. The van der Waals surface area contributed by atoms with E-state index in [0.717, 1.165) is 37.2 Å². The minimum atomic E-state index is -0.816. The van der Waals surface area contributed by atoms with Crippen molar-refractivity contribution < 1.29 is 14.7 Å². The van der Waals surface area contributed by atoms with Gasteiger partial charge in [-0.25, -0.2) is 0 Å². The number of hydrogen-bond acceptors (Lipinski definition) is 4. The molecule has 1 fully saturated rings. The van der Waals surface area contributed by atoms with E-state index in [1.165, 1.54) is 5.56 Å². The Morgan fingerprint density at radius 3 is 2.62 bits per heavy atom. The molecule has 1 aliphatic rings. The Morgan fingerprint density at radius 1 is 1.15 bits per heavy atom. The van der Waals surface area contributed by atoms with E-state index in [4.69, 9.17) is 5.11 Å². The molecule has 2 aromatic rings. The Kier molecular flexibility index (Phi) is 5.94. The van der Waals surface area contributed by atoms with Crippen LogP contribution in [0.1, 0.15) is 29.7 Å². The molecule has 0 aliphatic carbocycles. The zero-order chi connectivity index (χ0) is 18.4. The van der Waals surface area contributed by atoms with Crippen LogP contribution in [0.25, 0.3) is 0 Å². The van der Waals surface area contributed by atoms with Gasteiger partial charge in [0.05, 0.1) is 12.1 Å². The van der Waals surface area contributed by atoms with Crippen molar-refractivity contribution in [2.75, 3.05) is 13.1 Å². The topological polar surface area (TPSA) is 83.4 Å². The molecule has 1 aromatic carbocycles. The first kappa shape index (κ1) is 18.0. The van der Waals surface area contributed by atoms with Crippen LogP contribution in [0.2, 0.25) is 0 Å². The number of likely N-dealkylation sites (tertiary alicyclic amines) is 1. The van der Waals surface area contributed by atoms with Crippen LogP contribution in [0, 0.1) is 5.92 Å². The Balaban J connectivity index is 1.46. The zero-order valence-corrected chi connectivity index (χ0v) is 14.7. The first-order valence-electron chi connectivity index (χ1n) is 8.92. The van der Waals surface area contributed by atoms with Crippen molar-refractivity contribution in [3.8, 4) is 0 Å². The third kappa shape index (κ3) is 5.12. The van der Waals surface area contributed by atoms with Gasteiger partial charge in [0.25, 0.3) is 0 Å². The fraction of sp³-hybridized carbons (Fsp3) is 0.400. The molecule has 6 nitrogen and oxygen atoms in total. The highest BCUT2D eigenvalue weighted by Crippen LogP contribution is 2.22. The lowest BCUT2D eigenvalue weighted by atomic mass is 9.97. The molecule has 1 aromatic heterocycles. The van der Waals surface area contributed by atoms with E-state index < -0.39 is 5.97 Å². The van der Waals surface area contributed by atoms with Gasteiger partial charge >= 0.3 is 5.97 Å². The van der Waals surface area contributed by atoms with Crippen LogP contribution in [-0.4, -0.2) is 44.9 Å². The van der Waals surface area contributed by atoms with Gasteiger partial charge in [-0.15, -0.1) is 0 Å². The van der Waals surface area contributed by atoms with Crippen molar-refractivity contribution in [3.05, 3.63) is 59.7 Å². The third-order valence-corrected chi connectivity index (χ3v) is 4.75. The maximum atomic E-state index is 12.4. The lowest BCUT2D eigenvalue weighted by Gasteiger charge is -2.16. The van der Waals surface area contributed by atoms with E-state index in [9.17, 15) is 9.59 Å². The van der Waals surface area contributed by atoms with E-state index >= 15 is 0 Å². The summed E-state index contributed by atoms with van der Waals surface area (Å²) in [5.41, 5.74) is 2.85. The lowest BCUT2D eigenvalue weighted by molar-refractivity contribution is -0.136. The number of aryl methyl sites for hydroxylation is 1. The summed E-state index contributed by atoms with van der Waals surface area (Å²) in [4.78, 5) is 33.3. The van der Waals surface area contributed by atoms with Gasteiger partial charge in [-0.2, -0.15) is 0 Å². The fourth-order valence-electron chi connectivity index (χ4n) is 3.38. The normalized spacial score (nSPS) is 16.6. The van der Waals surface area contributed by atoms with E-state index in [-0.39, 0.29) is 12.3 Å². The Morgan fingerprint density at radius 2 is 1.92 bits per heavy atom. The van der Waals surface area contributed by atoms with Gasteiger partial charge in [-0.3, -0.25) is 19.6 Å². The first-order chi connectivity index (χ1) is 12.6. The SMILES string of the molecule is O=C(O)Cc1ccc(CC2CCN(C(=O)CCc3cnccn3)C2)cc1. The number of carboxylic acid groups (broad SMARTS) is 1. The van der Waals surface area contributed by atoms with E-state index in [1.54, 1.807) is 18.6 Å². The van der Waals surface area contributed by atoms with Gasteiger partial charge in [-0.1, -0.05) is 24.3 Å². The van der Waals surface area contributed by atoms with Crippen LogP contribution in [0.15, 0.2) is 42.9 Å². The number of hydrogen-bond donors (Lipinski definition) is 1. The molecule has 6 heteroatoms. The average molecular weight is 353 g/mol. The number of carbonyl (C=O) groups excluding carboxylic acids is 1. The Hall–Kier alpha value is -2.76. The summed E-state index contributed by atoms with van der Waals surface area (Å²) in [5, 5.41) is 8.82. The number of benzene rings is 1. The maximum absolute atomic E-state index is 12.4. The molecular weight excluding hydrogens is 330 g/mol. The quantitative estimate of drug-likeness (QED) is 0.824. The monoisotopic (exact) mass is 353 g/mol. The van der Waals surface area contributed by atoms with Gasteiger partial charge in [-0.05, 0) is 36.3 Å². The van der Waals surface area contributed by atoms with E-state index in [1.807, 2.05) is 29.2 Å². The predicted octanol–water partition coefficient (Wildman–Crippen LogP) is 2.13. The van der Waals surface area contributed by atoms with Crippen molar-refractivity contribution >= 4 is 11.9 Å². The molecule has 3 rings (SSSR count). The van der Waals surface area contributed by atoms with Crippen LogP contribution in [0.3, 0.4) is 0 Å². The summed E-state index contributed by atoms with van der Waals surface area (Å²) in [6, 6.07) is 7.75. The van der Waals surface area contributed by atoms with Gasteiger partial charge in [0.2, 0.25) is 5.91 Å². The van der Waals surface area contributed by atoms with Gasteiger partial charge in [0, 0.05) is 38.1 Å². The van der Waals surface area contributed by atoms with Crippen LogP contribution < -0.4 is 0 Å². The smallest absolute Gasteiger partial charge is 0.307 e. The highest BCUT2D eigenvalue weighted by Gasteiger charge is 2.26. The van der Waals surface area contributed by atoms with E-state index in [2.05, 4.69) is 9.97 Å². The number of aliphatic carboxylic acids is 1. The minimum absolute atomic E-state index is 0.0534. The number of carbonyl (C=O) groups is 2. The van der Waals surface area contributed by atoms with Crippen LogP contribution in [-0.2, 0) is 28.9 Å². The molecule has 136 valence electrons. The van der Waals surface area contributed by atoms with Crippen LogP contribution in [0.4, 0.5) is 0 Å². The Labute approximate surface area is 152 Å². The van der Waals surface area contributed by atoms with Crippen molar-refractivity contribution in [2.24, 2.45) is 5.92 Å². The largest absolute Gasteiger partial charge is 0.481 e. The first-order valence-corrected chi connectivity index (χ1v) is 8.92. The molecule has 1 aliphatic heterocycles. The second-order valence-corrected chi connectivity index (χ2v) is 6.78.